The number of fused-ring (bicyclic) bond motifs is 9. The fourth-order valence-corrected chi connectivity index (χ4v) is 8.32. The van der Waals surface area contributed by atoms with Gasteiger partial charge in [0.05, 0.1) is 0 Å². The van der Waals surface area contributed by atoms with Gasteiger partial charge in [0, 0.05) is 39.5 Å². The summed E-state index contributed by atoms with van der Waals surface area (Å²) < 4.78 is 12.6. The molecule has 3 heteroatoms. The molecule has 0 saturated heterocycles. The second-order valence-electron chi connectivity index (χ2n) is 14.1. The molecular weight excluding hydrogens is 659 g/mol. The van der Waals surface area contributed by atoms with Crippen molar-refractivity contribution in [3.8, 4) is 22.3 Å². The highest BCUT2D eigenvalue weighted by Gasteiger charge is 2.19. The first-order valence-corrected chi connectivity index (χ1v) is 18.4. The summed E-state index contributed by atoms with van der Waals surface area (Å²) in [4.78, 5) is 2.45. The van der Waals surface area contributed by atoms with Gasteiger partial charge in [-0.3, -0.25) is 0 Å². The van der Waals surface area contributed by atoms with Gasteiger partial charge in [-0.1, -0.05) is 133 Å². The van der Waals surface area contributed by atoms with Gasteiger partial charge in [0.15, 0.2) is 0 Å². The van der Waals surface area contributed by atoms with Crippen molar-refractivity contribution in [2.75, 3.05) is 4.90 Å². The number of hydrogen-bond donors (Lipinski definition) is 0. The zero-order valence-electron chi connectivity index (χ0n) is 29.4. The van der Waals surface area contributed by atoms with Crippen LogP contribution in [0.25, 0.3) is 87.7 Å². The van der Waals surface area contributed by atoms with Crippen molar-refractivity contribution in [2.24, 2.45) is 0 Å². The minimum absolute atomic E-state index is 0.660. The minimum Gasteiger partial charge on any atom is -0.456 e. The monoisotopic (exact) mass is 691 g/mol. The van der Waals surface area contributed by atoms with Gasteiger partial charge in [0.1, 0.15) is 22.3 Å². The molecule has 254 valence electrons. The van der Waals surface area contributed by atoms with E-state index in [0.717, 1.165) is 60.6 Å². The van der Waals surface area contributed by atoms with Gasteiger partial charge in [0.25, 0.3) is 0 Å². The van der Waals surface area contributed by atoms with E-state index >= 15 is 0 Å². The summed E-state index contributed by atoms with van der Waals surface area (Å²) in [6.07, 6.45) is 0. The fraction of sp³-hybridized carbons (Fsp3) is 0.0196. The Morgan fingerprint density at radius 2 is 0.870 bits per heavy atom. The second-order valence-corrected chi connectivity index (χ2v) is 14.1. The lowest BCUT2D eigenvalue weighted by Crippen LogP contribution is -2.17. The molecule has 0 aliphatic rings. The van der Waals surface area contributed by atoms with E-state index in [1.807, 2.05) is 24.3 Å². The smallest absolute Gasteiger partial charge is 0.136 e. The highest BCUT2D eigenvalue weighted by molar-refractivity contribution is 6.17. The molecule has 0 aliphatic carbocycles. The van der Waals surface area contributed by atoms with Crippen LogP contribution < -0.4 is 4.90 Å². The van der Waals surface area contributed by atoms with Crippen LogP contribution in [0.4, 0.5) is 11.4 Å². The van der Waals surface area contributed by atoms with E-state index in [-0.39, 0.29) is 0 Å². The average Bonchev–Trinajstić information content (AvgIpc) is 3.80. The predicted molar refractivity (Wildman–Crippen MR) is 226 cm³/mol. The third-order valence-electron chi connectivity index (χ3n) is 10.9. The van der Waals surface area contributed by atoms with Gasteiger partial charge < -0.3 is 13.7 Å². The maximum absolute atomic E-state index is 6.29. The Balaban J connectivity index is 1.12. The zero-order valence-corrected chi connectivity index (χ0v) is 29.4. The molecule has 2 aromatic heterocycles. The molecule has 54 heavy (non-hydrogen) atoms. The van der Waals surface area contributed by atoms with Crippen molar-refractivity contribution in [1.82, 2.24) is 0 Å². The molecule has 0 unspecified atom stereocenters. The molecule has 2 heterocycles. The topological polar surface area (TPSA) is 29.5 Å². The number of nitrogens with zero attached hydrogens (tertiary/aromatic N) is 1. The van der Waals surface area contributed by atoms with Gasteiger partial charge >= 0.3 is 0 Å². The highest BCUT2D eigenvalue weighted by atomic mass is 16.3. The molecular formula is C51H33NO2. The first-order valence-electron chi connectivity index (χ1n) is 18.4. The van der Waals surface area contributed by atoms with Crippen molar-refractivity contribution in [3.05, 3.63) is 194 Å². The molecule has 9 aromatic carbocycles. The summed E-state index contributed by atoms with van der Waals surface area (Å²) in [6.45, 7) is 0.660. The summed E-state index contributed by atoms with van der Waals surface area (Å²) in [5, 5.41) is 9.28. The van der Waals surface area contributed by atoms with E-state index in [4.69, 9.17) is 8.83 Å². The van der Waals surface area contributed by atoms with E-state index in [2.05, 4.69) is 169 Å². The van der Waals surface area contributed by atoms with Crippen LogP contribution in [0.1, 0.15) is 5.56 Å². The van der Waals surface area contributed by atoms with Crippen molar-refractivity contribution < 1.29 is 8.83 Å². The normalized spacial score (nSPS) is 11.8. The molecule has 3 nitrogen and oxygen atoms in total. The van der Waals surface area contributed by atoms with E-state index in [1.165, 1.54) is 44.0 Å². The van der Waals surface area contributed by atoms with E-state index < -0.39 is 0 Å². The number of anilines is 2. The van der Waals surface area contributed by atoms with Crippen LogP contribution in [0.3, 0.4) is 0 Å². The second kappa shape index (κ2) is 12.3. The van der Waals surface area contributed by atoms with Crippen LogP contribution in [0.5, 0.6) is 0 Å². The van der Waals surface area contributed by atoms with Crippen LogP contribution >= 0.6 is 0 Å². The van der Waals surface area contributed by atoms with Crippen LogP contribution in [0.2, 0.25) is 0 Å². The molecule has 11 rings (SSSR count). The molecule has 0 bridgehead atoms. The van der Waals surface area contributed by atoms with Crippen molar-refractivity contribution in [1.29, 1.82) is 0 Å². The fourth-order valence-electron chi connectivity index (χ4n) is 8.32. The van der Waals surface area contributed by atoms with E-state index in [9.17, 15) is 0 Å². The molecule has 0 spiro atoms. The lowest BCUT2D eigenvalue weighted by molar-refractivity contribution is 0.668. The lowest BCUT2D eigenvalue weighted by Gasteiger charge is -2.27. The van der Waals surface area contributed by atoms with E-state index in [1.54, 1.807) is 0 Å². The number of hydrogen-bond acceptors (Lipinski definition) is 3. The van der Waals surface area contributed by atoms with Crippen LogP contribution in [-0.2, 0) is 6.54 Å². The average molecular weight is 692 g/mol. The summed E-state index contributed by atoms with van der Waals surface area (Å²) >= 11 is 0. The molecule has 0 fully saturated rings. The first-order chi connectivity index (χ1) is 26.7. The number of furan rings is 2. The largest absolute Gasteiger partial charge is 0.456 e. The van der Waals surface area contributed by atoms with Crippen LogP contribution in [0.15, 0.2) is 197 Å². The Labute approximate surface area is 311 Å². The Hall–Kier alpha value is -7.10. The number of rotatable bonds is 6. The maximum Gasteiger partial charge on any atom is 0.136 e. The summed E-state index contributed by atoms with van der Waals surface area (Å²) in [6, 6.07) is 67.3. The summed E-state index contributed by atoms with van der Waals surface area (Å²) in [7, 11) is 0. The van der Waals surface area contributed by atoms with Gasteiger partial charge in [-0.05, 0) is 104 Å². The molecule has 0 N–H and O–H groups in total. The third kappa shape index (κ3) is 4.97. The summed E-state index contributed by atoms with van der Waals surface area (Å²) in [5.41, 5.74) is 11.9. The van der Waals surface area contributed by atoms with Gasteiger partial charge in [-0.25, -0.2) is 0 Å². The first kappa shape index (κ1) is 30.5. The lowest BCUT2D eigenvalue weighted by atomic mass is 9.91. The molecule has 0 atom stereocenters. The van der Waals surface area contributed by atoms with Crippen molar-refractivity contribution >= 4 is 76.8 Å². The minimum atomic E-state index is 0.660. The Morgan fingerprint density at radius 1 is 0.333 bits per heavy atom. The zero-order chi connectivity index (χ0) is 35.6. The van der Waals surface area contributed by atoms with Crippen LogP contribution in [0, 0.1) is 0 Å². The molecule has 0 amide bonds. The van der Waals surface area contributed by atoms with Gasteiger partial charge in [0.2, 0.25) is 0 Å². The molecule has 11 aromatic rings. The Kier molecular flexibility index (Phi) is 6.93. The third-order valence-corrected chi connectivity index (χ3v) is 10.9. The molecule has 0 aliphatic heterocycles. The number of benzene rings is 9. The number of para-hydroxylation sites is 2. The van der Waals surface area contributed by atoms with Gasteiger partial charge in [-0.2, -0.15) is 0 Å². The highest BCUT2D eigenvalue weighted by Crippen LogP contribution is 2.41. The van der Waals surface area contributed by atoms with Gasteiger partial charge in [-0.15, -0.1) is 0 Å². The van der Waals surface area contributed by atoms with E-state index in [0.29, 0.717) is 6.54 Å². The quantitative estimate of drug-likeness (QED) is 0.163. The maximum atomic E-state index is 6.29. The predicted octanol–water partition coefficient (Wildman–Crippen LogP) is 14.5. The standard InChI is InChI=1S/C51H33NO2/c1-2-12-33(13-3-1)39-15-6-7-17-41(39)40-16-5-4-14-36(40)32-52(38-26-27-50-46(30-38)42-18-8-10-20-48(42)53-50)37-25-24-34-22-23-35-28-51-47(31-45(35)44(34)29-37)43-19-9-11-21-49(43)54-51/h1-31H,32H2. The SMILES string of the molecule is c1ccc(-c2ccccc2-c2ccccc2CN(c2ccc3ccc4cc5oc6ccccc6c5cc4c3c2)c2ccc3oc4ccccc4c3c2)cc1. The Morgan fingerprint density at radius 3 is 1.67 bits per heavy atom. The van der Waals surface area contributed by atoms with Crippen LogP contribution in [-0.4, -0.2) is 0 Å². The molecule has 0 radical (unpaired) electrons. The van der Waals surface area contributed by atoms with Crippen molar-refractivity contribution in [3.63, 3.8) is 0 Å². The summed E-state index contributed by atoms with van der Waals surface area (Å²) in [5.74, 6) is 0. The molecule has 0 saturated carbocycles. The van der Waals surface area contributed by atoms with Crippen molar-refractivity contribution in [2.45, 2.75) is 6.54 Å². The Bertz CT molecular complexity index is 3210.